The molecule has 3 aromatic carbocycles. The van der Waals surface area contributed by atoms with E-state index >= 15 is 0 Å². The van der Waals surface area contributed by atoms with Gasteiger partial charge in [-0.15, -0.1) is 0 Å². The second kappa shape index (κ2) is 13.0. The standard InChI is InChI=1S/C26H28FN5O6S/c1-16(33)21-12-9-19(27)14-22(21)31-26(36)32-23(13-17-7-10-20(34)11-8-17)25(35)30-24(15-29-39(28,37)38)18-5-3-2-4-6-18/h2-12,14,23-24,29,34H,13,15H2,1H3,(H,30,35)(H2,28,37,38)(H2,31,32,36). The molecule has 13 heteroatoms. The number of nitrogens with two attached hydrogens (primary N) is 1. The number of hydrogen-bond acceptors (Lipinski definition) is 6. The van der Waals surface area contributed by atoms with Crippen LogP contribution in [-0.4, -0.2) is 43.8 Å². The summed E-state index contributed by atoms with van der Waals surface area (Å²) < 4.78 is 38.9. The zero-order valence-corrected chi connectivity index (χ0v) is 21.7. The molecule has 0 spiro atoms. The highest BCUT2D eigenvalue weighted by molar-refractivity contribution is 7.87. The van der Waals surface area contributed by atoms with Crippen LogP contribution in [0.5, 0.6) is 5.75 Å². The number of carbonyl (C=O) groups is 3. The molecule has 11 nitrogen and oxygen atoms in total. The number of carbonyl (C=O) groups excluding carboxylic acids is 3. The number of aromatic hydroxyl groups is 1. The van der Waals surface area contributed by atoms with E-state index in [2.05, 4.69) is 20.7 Å². The van der Waals surface area contributed by atoms with E-state index in [0.29, 0.717) is 11.1 Å². The SMILES string of the molecule is CC(=O)c1ccc(F)cc1NC(=O)NC(Cc1ccc(O)cc1)C(=O)NC(CNS(N)(=O)=O)c1ccccc1. The molecule has 2 atom stereocenters. The van der Waals surface area contributed by atoms with Crippen molar-refractivity contribution in [2.45, 2.75) is 25.4 Å². The third-order valence-corrected chi connectivity index (χ3v) is 6.18. The van der Waals surface area contributed by atoms with E-state index in [-0.39, 0.29) is 30.0 Å². The number of urea groups is 1. The maximum absolute atomic E-state index is 13.8. The summed E-state index contributed by atoms with van der Waals surface area (Å²) in [4.78, 5) is 38.2. The lowest BCUT2D eigenvalue weighted by Gasteiger charge is -2.24. The number of benzene rings is 3. The van der Waals surface area contributed by atoms with E-state index in [9.17, 15) is 32.3 Å². The summed E-state index contributed by atoms with van der Waals surface area (Å²) in [5.74, 6) is -1.75. The normalized spacial score (nSPS) is 12.7. The minimum absolute atomic E-state index is 0.00605. The minimum atomic E-state index is -4.07. The molecule has 3 aromatic rings. The summed E-state index contributed by atoms with van der Waals surface area (Å²) in [6, 6.07) is 14.8. The van der Waals surface area contributed by atoms with Crippen molar-refractivity contribution >= 4 is 33.6 Å². The van der Waals surface area contributed by atoms with E-state index in [1.807, 2.05) is 0 Å². The third kappa shape index (κ3) is 9.17. The third-order valence-electron chi connectivity index (χ3n) is 5.61. The van der Waals surface area contributed by atoms with Gasteiger partial charge in [-0.3, -0.25) is 9.59 Å². The summed E-state index contributed by atoms with van der Waals surface area (Å²) in [5, 5.41) is 22.3. The van der Waals surface area contributed by atoms with Crippen molar-refractivity contribution < 1.29 is 32.3 Å². The van der Waals surface area contributed by atoms with Crippen molar-refractivity contribution in [3.63, 3.8) is 0 Å². The van der Waals surface area contributed by atoms with Crippen molar-refractivity contribution in [2.75, 3.05) is 11.9 Å². The molecule has 7 N–H and O–H groups in total. The number of phenols is 1. The zero-order chi connectivity index (χ0) is 28.6. The van der Waals surface area contributed by atoms with Crippen LogP contribution in [0.4, 0.5) is 14.9 Å². The van der Waals surface area contributed by atoms with Crippen molar-refractivity contribution in [2.24, 2.45) is 5.14 Å². The fraction of sp³-hybridized carbons (Fsp3) is 0.192. The van der Waals surface area contributed by atoms with Crippen LogP contribution in [0.15, 0.2) is 72.8 Å². The Kier molecular flexibility index (Phi) is 9.71. The number of hydrogen-bond donors (Lipinski definition) is 6. The van der Waals surface area contributed by atoms with E-state index in [0.717, 1.165) is 12.1 Å². The summed E-state index contributed by atoms with van der Waals surface area (Å²) in [6.45, 7) is 0.995. The lowest BCUT2D eigenvalue weighted by molar-refractivity contribution is -0.123. The number of Topliss-reactive ketones (excluding diaryl/α,β-unsaturated/α-hetero) is 1. The number of anilines is 1. The molecule has 0 saturated heterocycles. The Morgan fingerprint density at radius 2 is 1.64 bits per heavy atom. The zero-order valence-electron chi connectivity index (χ0n) is 20.8. The lowest BCUT2D eigenvalue weighted by atomic mass is 10.0. The Hall–Kier alpha value is -4.33. The molecule has 206 valence electrons. The van der Waals surface area contributed by atoms with Crippen LogP contribution >= 0.6 is 0 Å². The molecular formula is C26H28FN5O6S. The quantitative estimate of drug-likeness (QED) is 0.197. The van der Waals surface area contributed by atoms with Crippen LogP contribution in [-0.2, 0) is 21.4 Å². The predicted octanol–water partition coefficient (Wildman–Crippen LogP) is 2.12. The highest BCUT2D eigenvalue weighted by Gasteiger charge is 2.26. The van der Waals surface area contributed by atoms with Gasteiger partial charge >= 0.3 is 6.03 Å². The highest BCUT2D eigenvalue weighted by Crippen LogP contribution is 2.19. The maximum atomic E-state index is 13.8. The van der Waals surface area contributed by atoms with Crippen LogP contribution in [0.2, 0.25) is 0 Å². The molecule has 2 unspecified atom stereocenters. The van der Waals surface area contributed by atoms with Gasteiger partial charge in [0.25, 0.3) is 10.2 Å². The first-order chi connectivity index (χ1) is 18.4. The monoisotopic (exact) mass is 557 g/mol. The van der Waals surface area contributed by atoms with Gasteiger partial charge in [-0.2, -0.15) is 8.42 Å². The van der Waals surface area contributed by atoms with Crippen LogP contribution in [0, 0.1) is 5.82 Å². The second-order valence-corrected chi connectivity index (χ2v) is 10.0. The first kappa shape index (κ1) is 29.2. The largest absolute Gasteiger partial charge is 0.508 e. The van der Waals surface area contributed by atoms with Crippen molar-refractivity contribution in [3.05, 3.63) is 95.3 Å². The Morgan fingerprint density at radius 3 is 2.26 bits per heavy atom. The van der Waals surface area contributed by atoms with Gasteiger partial charge in [-0.1, -0.05) is 42.5 Å². The van der Waals surface area contributed by atoms with Crippen LogP contribution in [0.1, 0.15) is 34.5 Å². The molecule has 0 aliphatic carbocycles. The van der Waals surface area contributed by atoms with Crippen molar-refractivity contribution in [1.82, 2.24) is 15.4 Å². The average molecular weight is 558 g/mol. The van der Waals surface area contributed by atoms with Gasteiger partial charge in [0.2, 0.25) is 5.91 Å². The Labute approximate surface area is 224 Å². The molecule has 3 rings (SSSR count). The van der Waals surface area contributed by atoms with Crippen molar-refractivity contribution in [3.8, 4) is 5.75 Å². The Morgan fingerprint density at radius 1 is 0.974 bits per heavy atom. The lowest BCUT2D eigenvalue weighted by Crippen LogP contribution is -2.51. The number of amides is 3. The average Bonchev–Trinajstić information content (AvgIpc) is 2.87. The summed E-state index contributed by atoms with van der Waals surface area (Å²) in [7, 11) is -4.07. The van der Waals surface area contributed by atoms with Gasteiger partial charge in [-0.05, 0) is 48.4 Å². The first-order valence-electron chi connectivity index (χ1n) is 11.7. The van der Waals surface area contributed by atoms with Crippen LogP contribution in [0.3, 0.4) is 0 Å². The van der Waals surface area contributed by atoms with E-state index in [1.165, 1.54) is 25.1 Å². The molecular weight excluding hydrogens is 529 g/mol. The van der Waals surface area contributed by atoms with Gasteiger partial charge in [0, 0.05) is 18.5 Å². The predicted molar refractivity (Wildman–Crippen MR) is 143 cm³/mol. The van der Waals surface area contributed by atoms with Gasteiger partial charge in [-0.25, -0.2) is 19.0 Å². The van der Waals surface area contributed by atoms with E-state index in [1.54, 1.807) is 42.5 Å². The molecule has 0 heterocycles. The van der Waals surface area contributed by atoms with Gasteiger partial charge < -0.3 is 21.1 Å². The summed E-state index contributed by atoms with van der Waals surface area (Å²) in [6.07, 6.45) is -0.0215. The molecule has 0 aliphatic rings. The number of ketones is 1. The van der Waals surface area contributed by atoms with Crippen LogP contribution < -0.4 is 25.8 Å². The first-order valence-corrected chi connectivity index (χ1v) is 13.2. The molecule has 3 amide bonds. The number of phenolic OH excluding ortho intramolecular Hbond substituents is 1. The smallest absolute Gasteiger partial charge is 0.319 e. The van der Waals surface area contributed by atoms with Gasteiger partial charge in [0.05, 0.1) is 11.7 Å². The minimum Gasteiger partial charge on any atom is -0.508 e. The molecule has 39 heavy (non-hydrogen) atoms. The fourth-order valence-corrected chi connectivity index (χ4v) is 4.13. The molecule has 0 radical (unpaired) electrons. The van der Waals surface area contributed by atoms with Gasteiger partial charge in [0.1, 0.15) is 17.6 Å². The molecule has 0 saturated carbocycles. The highest BCUT2D eigenvalue weighted by atomic mass is 32.2. The van der Waals surface area contributed by atoms with E-state index in [4.69, 9.17) is 5.14 Å². The maximum Gasteiger partial charge on any atom is 0.319 e. The molecule has 0 aliphatic heterocycles. The summed E-state index contributed by atoms with van der Waals surface area (Å²) in [5.41, 5.74) is 1.15. The molecule has 0 fully saturated rings. The second-order valence-electron chi connectivity index (χ2n) is 8.63. The Balaban J connectivity index is 1.85. The van der Waals surface area contributed by atoms with E-state index < -0.39 is 45.8 Å². The van der Waals surface area contributed by atoms with Gasteiger partial charge in [0.15, 0.2) is 5.78 Å². The van der Waals surface area contributed by atoms with Crippen molar-refractivity contribution in [1.29, 1.82) is 0 Å². The number of nitrogens with one attached hydrogen (secondary N) is 4. The number of halogens is 1. The van der Waals surface area contributed by atoms with Crippen LogP contribution in [0.25, 0.3) is 0 Å². The fourth-order valence-electron chi connectivity index (χ4n) is 3.73. The summed E-state index contributed by atoms with van der Waals surface area (Å²) >= 11 is 0. The number of rotatable bonds is 11. The molecule has 0 aromatic heterocycles. The topological polar surface area (TPSA) is 180 Å². The Bertz CT molecular complexity index is 1430. The molecule has 0 bridgehead atoms.